The average Bonchev–Trinajstić information content (AvgIpc) is 2.53. The number of rotatable bonds is 6. The smallest absolute Gasteiger partial charge is 0.272 e. The summed E-state index contributed by atoms with van der Waals surface area (Å²) < 4.78 is 0. The fraction of sp³-hybridized carbons (Fsp3) is 0.353. The summed E-state index contributed by atoms with van der Waals surface area (Å²) in [6.45, 7) is 4.77. The van der Waals surface area contributed by atoms with Gasteiger partial charge in [-0.15, -0.1) is 0 Å². The molecule has 0 spiro atoms. The Bertz CT molecular complexity index is 596. The van der Waals surface area contributed by atoms with E-state index in [-0.39, 0.29) is 5.91 Å². The molecule has 2 heterocycles. The Morgan fingerprint density at radius 3 is 2.55 bits per heavy atom. The van der Waals surface area contributed by atoms with E-state index in [0.29, 0.717) is 18.3 Å². The topological polar surface area (TPSA) is 58.1 Å². The number of nitrogens with one attached hydrogen (secondary N) is 1. The van der Waals surface area contributed by atoms with Crippen molar-refractivity contribution in [3.05, 3.63) is 54.1 Å². The van der Waals surface area contributed by atoms with Crippen LogP contribution in [0.3, 0.4) is 0 Å². The first-order valence-electron chi connectivity index (χ1n) is 7.43. The van der Waals surface area contributed by atoms with Crippen LogP contribution in [0.5, 0.6) is 0 Å². The summed E-state index contributed by atoms with van der Waals surface area (Å²) in [6.07, 6.45) is 6.03. The molecule has 2 rings (SSSR count). The number of hydrogen-bond donors (Lipinski definition) is 1. The monoisotopic (exact) mass is 298 g/mol. The van der Waals surface area contributed by atoms with Gasteiger partial charge in [0.2, 0.25) is 0 Å². The molecule has 0 unspecified atom stereocenters. The van der Waals surface area contributed by atoms with E-state index in [4.69, 9.17) is 0 Å². The first kappa shape index (κ1) is 15.9. The van der Waals surface area contributed by atoms with Crippen molar-refractivity contribution >= 4 is 11.6 Å². The van der Waals surface area contributed by atoms with Gasteiger partial charge in [0.25, 0.3) is 5.91 Å². The van der Waals surface area contributed by atoms with Crippen molar-refractivity contribution in [2.24, 2.45) is 0 Å². The minimum absolute atomic E-state index is 0.0647. The molecule has 0 aliphatic carbocycles. The first-order chi connectivity index (χ1) is 10.6. The van der Waals surface area contributed by atoms with Gasteiger partial charge in [-0.25, -0.2) is 4.98 Å². The van der Waals surface area contributed by atoms with Crippen molar-refractivity contribution in [2.45, 2.75) is 26.3 Å². The molecular formula is C17H22N4O. The van der Waals surface area contributed by atoms with E-state index in [0.717, 1.165) is 12.1 Å². The highest BCUT2D eigenvalue weighted by Gasteiger charge is 2.13. The summed E-state index contributed by atoms with van der Waals surface area (Å²) in [5.41, 5.74) is 2.55. The summed E-state index contributed by atoms with van der Waals surface area (Å²) in [5.74, 6) is -0.0647. The molecule has 0 saturated heterocycles. The number of aromatic nitrogens is 2. The third-order valence-corrected chi connectivity index (χ3v) is 3.27. The van der Waals surface area contributed by atoms with Gasteiger partial charge in [0, 0.05) is 32.0 Å². The molecule has 0 aliphatic rings. The standard InChI is InChI=1S/C17H22N4O/c1-13(2)20-15-4-5-16(19-12-15)17(22)21(3)11-8-14-6-9-18-10-7-14/h4-7,9-10,12-13,20H,8,11H2,1-3H3. The van der Waals surface area contributed by atoms with Crippen molar-refractivity contribution in [3.8, 4) is 0 Å². The maximum atomic E-state index is 12.3. The molecule has 2 aromatic rings. The van der Waals surface area contributed by atoms with Crippen LogP contribution in [0.1, 0.15) is 29.9 Å². The van der Waals surface area contributed by atoms with Gasteiger partial charge in [-0.1, -0.05) is 0 Å². The molecule has 2 aromatic heterocycles. The second-order valence-corrected chi connectivity index (χ2v) is 5.56. The Labute approximate surface area is 131 Å². The molecule has 5 heteroatoms. The molecule has 0 aromatic carbocycles. The van der Waals surface area contributed by atoms with Crippen LogP contribution in [0.4, 0.5) is 5.69 Å². The molecule has 0 bridgehead atoms. The zero-order valence-electron chi connectivity index (χ0n) is 13.3. The zero-order valence-corrected chi connectivity index (χ0v) is 13.3. The number of hydrogen-bond acceptors (Lipinski definition) is 4. The van der Waals surface area contributed by atoms with Crippen molar-refractivity contribution in [1.82, 2.24) is 14.9 Å². The quantitative estimate of drug-likeness (QED) is 0.890. The maximum Gasteiger partial charge on any atom is 0.272 e. The van der Waals surface area contributed by atoms with Crippen molar-refractivity contribution in [2.75, 3.05) is 18.9 Å². The van der Waals surface area contributed by atoms with Gasteiger partial charge in [0.05, 0.1) is 11.9 Å². The Balaban J connectivity index is 1.92. The van der Waals surface area contributed by atoms with E-state index < -0.39 is 0 Å². The minimum atomic E-state index is -0.0647. The van der Waals surface area contributed by atoms with Crippen LogP contribution in [0, 0.1) is 0 Å². The third kappa shape index (κ3) is 4.55. The number of carbonyl (C=O) groups excluding carboxylic acids is 1. The fourth-order valence-corrected chi connectivity index (χ4v) is 2.08. The van der Waals surface area contributed by atoms with Crippen LogP contribution < -0.4 is 5.32 Å². The molecule has 0 aliphatic heterocycles. The zero-order chi connectivity index (χ0) is 15.9. The molecule has 22 heavy (non-hydrogen) atoms. The molecule has 0 radical (unpaired) electrons. The molecule has 5 nitrogen and oxygen atoms in total. The number of amides is 1. The van der Waals surface area contributed by atoms with E-state index >= 15 is 0 Å². The molecule has 0 fully saturated rings. The largest absolute Gasteiger partial charge is 0.382 e. The van der Waals surface area contributed by atoms with Gasteiger partial charge in [-0.3, -0.25) is 9.78 Å². The van der Waals surface area contributed by atoms with Crippen molar-refractivity contribution in [3.63, 3.8) is 0 Å². The van der Waals surface area contributed by atoms with E-state index in [9.17, 15) is 4.79 Å². The van der Waals surface area contributed by atoms with Crippen LogP contribution in [0.2, 0.25) is 0 Å². The van der Waals surface area contributed by atoms with Gasteiger partial charge in [-0.05, 0) is 50.1 Å². The Kier molecular flexibility index (Phi) is 5.47. The van der Waals surface area contributed by atoms with Gasteiger partial charge < -0.3 is 10.2 Å². The summed E-state index contributed by atoms with van der Waals surface area (Å²) in [7, 11) is 1.80. The van der Waals surface area contributed by atoms with Crippen LogP contribution in [0.25, 0.3) is 0 Å². The first-order valence-corrected chi connectivity index (χ1v) is 7.43. The van der Waals surface area contributed by atoms with E-state index in [1.807, 2.05) is 18.2 Å². The molecule has 1 amide bonds. The lowest BCUT2D eigenvalue weighted by atomic mass is 10.2. The third-order valence-electron chi connectivity index (χ3n) is 3.27. The van der Waals surface area contributed by atoms with Crippen LogP contribution in [-0.2, 0) is 6.42 Å². The average molecular weight is 298 g/mol. The van der Waals surface area contributed by atoms with Gasteiger partial charge in [0.1, 0.15) is 5.69 Å². The van der Waals surface area contributed by atoms with Crippen molar-refractivity contribution < 1.29 is 4.79 Å². The lowest BCUT2D eigenvalue weighted by Crippen LogP contribution is -2.29. The number of carbonyl (C=O) groups is 1. The Morgan fingerprint density at radius 2 is 1.95 bits per heavy atom. The second-order valence-electron chi connectivity index (χ2n) is 5.56. The minimum Gasteiger partial charge on any atom is -0.382 e. The van der Waals surface area contributed by atoms with E-state index in [2.05, 4.69) is 29.1 Å². The predicted molar refractivity (Wildman–Crippen MR) is 87.9 cm³/mol. The molecule has 116 valence electrons. The molecule has 1 N–H and O–H groups in total. The van der Waals surface area contributed by atoms with Crippen LogP contribution in [0.15, 0.2) is 42.9 Å². The Hall–Kier alpha value is -2.43. The van der Waals surface area contributed by atoms with E-state index in [1.165, 1.54) is 5.56 Å². The second kappa shape index (κ2) is 7.54. The lowest BCUT2D eigenvalue weighted by molar-refractivity contribution is 0.0791. The number of nitrogens with zero attached hydrogens (tertiary/aromatic N) is 3. The molecule has 0 saturated carbocycles. The fourth-order valence-electron chi connectivity index (χ4n) is 2.08. The summed E-state index contributed by atoms with van der Waals surface area (Å²) >= 11 is 0. The van der Waals surface area contributed by atoms with Gasteiger partial charge in [-0.2, -0.15) is 0 Å². The lowest BCUT2D eigenvalue weighted by Gasteiger charge is -2.17. The maximum absolute atomic E-state index is 12.3. The van der Waals surface area contributed by atoms with Gasteiger partial charge >= 0.3 is 0 Å². The normalized spacial score (nSPS) is 10.5. The predicted octanol–water partition coefficient (Wildman–Crippen LogP) is 2.61. The highest BCUT2D eigenvalue weighted by atomic mass is 16.2. The van der Waals surface area contributed by atoms with E-state index in [1.54, 1.807) is 36.6 Å². The Morgan fingerprint density at radius 1 is 1.23 bits per heavy atom. The van der Waals surface area contributed by atoms with Crippen molar-refractivity contribution in [1.29, 1.82) is 0 Å². The number of pyridine rings is 2. The summed E-state index contributed by atoms with van der Waals surface area (Å²) in [4.78, 5) is 22.3. The SMILES string of the molecule is CC(C)Nc1ccc(C(=O)N(C)CCc2ccncc2)nc1. The van der Waals surface area contributed by atoms with Crippen LogP contribution in [-0.4, -0.2) is 40.4 Å². The molecular weight excluding hydrogens is 276 g/mol. The van der Waals surface area contributed by atoms with Gasteiger partial charge in [0.15, 0.2) is 0 Å². The highest BCUT2D eigenvalue weighted by molar-refractivity contribution is 5.92. The summed E-state index contributed by atoms with van der Waals surface area (Å²) in [5, 5.41) is 3.25. The molecule has 0 atom stereocenters. The van der Waals surface area contributed by atoms with Crippen LogP contribution >= 0.6 is 0 Å². The highest BCUT2D eigenvalue weighted by Crippen LogP contribution is 2.09. The summed E-state index contributed by atoms with van der Waals surface area (Å²) in [6, 6.07) is 7.91. The number of anilines is 1. The number of likely N-dealkylation sites (N-methyl/N-ethyl adjacent to an activating group) is 1.